The molecular weight excluding hydrogens is 366 g/mol. The maximum absolute atomic E-state index is 12.9. The molecule has 9 heteroatoms. The summed E-state index contributed by atoms with van der Waals surface area (Å²) < 4.78 is 4.70. The average molecular weight is 389 g/mol. The summed E-state index contributed by atoms with van der Waals surface area (Å²) >= 11 is 1.32. The van der Waals surface area contributed by atoms with Crippen LogP contribution in [0.1, 0.15) is 45.4 Å². The van der Waals surface area contributed by atoms with E-state index in [9.17, 15) is 14.4 Å². The molecule has 0 bridgehead atoms. The molecule has 0 aliphatic heterocycles. The molecule has 1 aliphatic carbocycles. The average Bonchev–Trinajstić information content (AvgIpc) is 3.37. The van der Waals surface area contributed by atoms with E-state index in [-0.39, 0.29) is 29.7 Å². The van der Waals surface area contributed by atoms with Gasteiger partial charge in [0.1, 0.15) is 11.2 Å². The van der Waals surface area contributed by atoms with Gasteiger partial charge in [-0.25, -0.2) is 13.9 Å². The summed E-state index contributed by atoms with van der Waals surface area (Å²) in [6.07, 6.45) is 5.96. The van der Waals surface area contributed by atoms with Crippen LogP contribution in [0.4, 0.5) is 0 Å². The van der Waals surface area contributed by atoms with E-state index in [0.717, 1.165) is 38.5 Å². The van der Waals surface area contributed by atoms with Crippen molar-refractivity contribution in [2.45, 2.75) is 64.6 Å². The van der Waals surface area contributed by atoms with Crippen LogP contribution in [0.25, 0.3) is 16.0 Å². The highest BCUT2D eigenvalue weighted by Crippen LogP contribution is 2.18. The Balaban J connectivity index is 1.76. The Morgan fingerprint density at radius 1 is 1.33 bits per heavy atom. The van der Waals surface area contributed by atoms with Gasteiger partial charge in [-0.1, -0.05) is 26.2 Å². The number of nitrogens with zero attached hydrogens (tertiary/aromatic N) is 4. The lowest BCUT2D eigenvalue weighted by atomic mass is 10.2. The summed E-state index contributed by atoms with van der Waals surface area (Å²) in [5.41, 5.74) is 0.0360. The van der Waals surface area contributed by atoms with Gasteiger partial charge in [-0.3, -0.25) is 14.2 Å². The second-order valence-corrected chi connectivity index (χ2v) is 7.99. The van der Waals surface area contributed by atoms with Crippen molar-refractivity contribution in [3.8, 4) is 0 Å². The molecule has 0 atom stereocenters. The van der Waals surface area contributed by atoms with Gasteiger partial charge in [0, 0.05) is 12.6 Å². The normalized spacial score (nSPS) is 15.1. The van der Waals surface area contributed by atoms with Crippen molar-refractivity contribution in [3.63, 3.8) is 0 Å². The number of nitrogens with one attached hydrogen (secondary N) is 1. The fourth-order valence-electron chi connectivity index (χ4n) is 3.73. The van der Waals surface area contributed by atoms with E-state index in [1.54, 1.807) is 16.0 Å². The lowest BCUT2D eigenvalue weighted by molar-refractivity contribution is -0.122. The molecule has 27 heavy (non-hydrogen) atoms. The molecule has 0 radical (unpaired) electrons. The molecule has 3 aromatic heterocycles. The summed E-state index contributed by atoms with van der Waals surface area (Å²) in [4.78, 5) is 38.1. The van der Waals surface area contributed by atoms with E-state index in [2.05, 4.69) is 10.4 Å². The van der Waals surface area contributed by atoms with Gasteiger partial charge in [0.2, 0.25) is 11.7 Å². The second-order valence-electron chi connectivity index (χ2n) is 7.07. The SMILES string of the molecule is CCCCn1c(=O)c2sccc2n2c(=O)n(CC(=O)NC3CCCC3)nc12. The lowest BCUT2D eigenvalue weighted by Gasteiger charge is -2.11. The van der Waals surface area contributed by atoms with Crippen molar-refractivity contribution in [2.24, 2.45) is 0 Å². The zero-order valence-corrected chi connectivity index (χ0v) is 16.1. The molecule has 1 saturated carbocycles. The first-order valence-electron chi connectivity index (χ1n) is 9.49. The first kappa shape index (κ1) is 18.0. The van der Waals surface area contributed by atoms with E-state index in [1.165, 1.54) is 20.4 Å². The zero-order valence-electron chi connectivity index (χ0n) is 15.3. The van der Waals surface area contributed by atoms with Gasteiger partial charge in [0.25, 0.3) is 5.56 Å². The smallest absolute Gasteiger partial charge is 0.352 e. The Labute approximate surface area is 159 Å². The number of carbonyl (C=O) groups is 1. The number of aryl methyl sites for hydroxylation is 1. The number of rotatable bonds is 6. The minimum atomic E-state index is -0.389. The van der Waals surface area contributed by atoms with Crippen molar-refractivity contribution in [3.05, 3.63) is 32.3 Å². The molecule has 1 amide bonds. The van der Waals surface area contributed by atoms with E-state index < -0.39 is 0 Å². The molecule has 1 fully saturated rings. The largest absolute Gasteiger partial charge is 0.352 e. The molecule has 1 N–H and O–H groups in total. The first-order chi connectivity index (χ1) is 13.1. The monoisotopic (exact) mass is 389 g/mol. The molecule has 144 valence electrons. The number of unbranched alkanes of at least 4 members (excludes halogenated alkanes) is 1. The van der Waals surface area contributed by atoms with Crippen molar-refractivity contribution < 1.29 is 4.79 Å². The highest BCUT2D eigenvalue weighted by atomic mass is 32.1. The predicted molar refractivity (Wildman–Crippen MR) is 104 cm³/mol. The van der Waals surface area contributed by atoms with Crippen LogP contribution < -0.4 is 16.6 Å². The van der Waals surface area contributed by atoms with Gasteiger partial charge in [-0.2, -0.15) is 0 Å². The zero-order chi connectivity index (χ0) is 19.0. The van der Waals surface area contributed by atoms with Gasteiger partial charge in [-0.05, 0) is 30.7 Å². The minimum Gasteiger partial charge on any atom is -0.352 e. The summed E-state index contributed by atoms with van der Waals surface area (Å²) in [7, 11) is 0. The minimum absolute atomic E-state index is 0.131. The summed E-state index contributed by atoms with van der Waals surface area (Å²) in [6.45, 7) is 2.41. The highest BCUT2D eigenvalue weighted by Gasteiger charge is 2.21. The standard InChI is InChI=1S/C18H23N5O3S/c1-2-3-9-21-16(25)15-13(8-10-27-15)23-17(21)20-22(18(23)26)11-14(24)19-12-6-4-5-7-12/h8,10,12H,2-7,9,11H2,1H3,(H,19,24). The number of carbonyl (C=O) groups excluding carboxylic acids is 1. The molecule has 1 aliphatic rings. The second kappa shape index (κ2) is 7.30. The summed E-state index contributed by atoms with van der Waals surface area (Å²) in [6, 6.07) is 1.95. The van der Waals surface area contributed by atoms with Crippen LogP contribution in [0, 0.1) is 0 Å². The van der Waals surface area contributed by atoms with Gasteiger partial charge < -0.3 is 5.32 Å². The van der Waals surface area contributed by atoms with E-state index in [4.69, 9.17) is 0 Å². The van der Waals surface area contributed by atoms with E-state index in [0.29, 0.717) is 22.5 Å². The number of aromatic nitrogens is 4. The fraction of sp³-hybridized carbons (Fsp3) is 0.556. The summed E-state index contributed by atoms with van der Waals surface area (Å²) in [5.74, 6) is 0.0921. The first-order valence-corrected chi connectivity index (χ1v) is 10.4. The van der Waals surface area contributed by atoms with Gasteiger partial charge in [-0.15, -0.1) is 16.4 Å². The molecular formula is C18H23N5O3S. The molecule has 3 aromatic rings. The van der Waals surface area contributed by atoms with Gasteiger partial charge in [0.05, 0.1) is 5.52 Å². The molecule has 0 spiro atoms. The van der Waals surface area contributed by atoms with Crippen molar-refractivity contribution in [2.75, 3.05) is 0 Å². The van der Waals surface area contributed by atoms with Gasteiger partial charge in [0.15, 0.2) is 0 Å². The number of fused-ring (bicyclic) bond motifs is 3. The number of amides is 1. The fourth-order valence-corrected chi connectivity index (χ4v) is 4.56. The Morgan fingerprint density at radius 2 is 2.11 bits per heavy atom. The lowest BCUT2D eigenvalue weighted by Crippen LogP contribution is -2.37. The predicted octanol–water partition coefficient (Wildman–Crippen LogP) is 1.73. The third kappa shape index (κ3) is 3.20. The number of hydrogen-bond acceptors (Lipinski definition) is 5. The Hall–Kier alpha value is -2.42. The third-order valence-electron chi connectivity index (χ3n) is 5.14. The van der Waals surface area contributed by atoms with Crippen molar-refractivity contribution >= 4 is 33.2 Å². The molecule has 0 saturated heterocycles. The van der Waals surface area contributed by atoms with Crippen LogP contribution in [-0.4, -0.2) is 30.7 Å². The van der Waals surface area contributed by atoms with Gasteiger partial charge >= 0.3 is 5.69 Å². The summed E-state index contributed by atoms with van der Waals surface area (Å²) in [5, 5.41) is 9.12. The molecule has 0 aromatic carbocycles. The molecule has 0 unspecified atom stereocenters. The third-order valence-corrected chi connectivity index (χ3v) is 6.03. The molecule has 8 nitrogen and oxygen atoms in total. The number of thiophene rings is 1. The van der Waals surface area contributed by atoms with Crippen LogP contribution in [0.3, 0.4) is 0 Å². The number of hydrogen-bond donors (Lipinski definition) is 1. The Bertz CT molecular complexity index is 1100. The van der Waals surface area contributed by atoms with E-state index in [1.807, 2.05) is 6.92 Å². The maximum Gasteiger partial charge on any atom is 0.352 e. The van der Waals surface area contributed by atoms with Crippen LogP contribution in [-0.2, 0) is 17.9 Å². The van der Waals surface area contributed by atoms with E-state index >= 15 is 0 Å². The Morgan fingerprint density at radius 3 is 2.85 bits per heavy atom. The van der Waals surface area contributed by atoms with Crippen LogP contribution >= 0.6 is 11.3 Å². The topological polar surface area (TPSA) is 90.4 Å². The Kier molecular flexibility index (Phi) is 4.86. The highest BCUT2D eigenvalue weighted by molar-refractivity contribution is 7.17. The van der Waals surface area contributed by atoms with Crippen molar-refractivity contribution in [1.82, 2.24) is 24.1 Å². The van der Waals surface area contributed by atoms with Crippen LogP contribution in [0.15, 0.2) is 21.0 Å². The molecule has 4 rings (SSSR count). The van der Waals surface area contributed by atoms with Crippen molar-refractivity contribution in [1.29, 1.82) is 0 Å². The molecule has 3 heterocycles. The van der Waals surface area contributed by atoms with Crippen LogP contribution in [0.2, 0.25) is 0 Å². The maximum atomic E-state index is 12.9. The van der Waals surface area contributed by atoms with Crippen LogP contribution in [0.5, 0.6) is 0 Å². The quantitative estimate of drug-likeness (QED) is 0.695.